The van der Waals surface area contributed by atoms with Gasteiger partial charge in [0.05, 0.1) is 21.7 Å². The van der Waals surface area contributed by atoms with Crippen molar-refractivity contribution in [1.29, 1.82) is 0 Å². The number of H-pyrrole nitrogens is 1. The Hall–Kier alpha value is -3.93. The van der Waals surface area contributed by atoms with Crippen LogP contribution in [0.4, 0.5) is 10.7 Å². The smallest absolute Gasteiger partial charge is 0.351 e. The summed E-state index contributed by atoms with van der Waals surface area (Å²) in [6.45, 7) is 8.11. The third-order valence-electron chi connectivity index (χ3n) is 7.44. The van der Waals surface area contributed by atoms with Crippen LogP contribution in [0, 0.1) is 11.8 Å². The first kappa shape index (κ1) is 28.6. The van der Waals surface area contributed by atoms with Crippen molar-refractivity contribution in [3.63, 3.8) is 0 Å². The number of hydrogen-bond donors (Lipinski definition) is 4. The number of nitrogens with one attached hydrogen (secondary N) is 4. The van der Waals surface area contributed by atoms with Gasteiger partial charge in [0.1, 0.15) is 5.69 Å². The molecule has 0 saturated heterocycles. The Labute approximate surface area is 242 Å². The standard InChI is InChI=1S/C28H36ClN9O3/c1-4-9-31-27(39)32-12-17(3)33-26-35-21-11-22(25-36-28(40)41-37-25)34-23(19-10-20(29)14-30-13-19)24(21)38(26)15-18-7-5-16(2)6-8-18/h10-11,13-14,16-18H,4-9,12,15H2,1-3H3,(H,33,35)(H2,31,32,39)(H,36,37,40)/t16?,17-,18?/m1/s1. The Kier molecular flexibility index (Phi) is 8.87. The summed E-state index contributed by atoms with van der Waals surface area (Å²) < 4.78 is 6.93. The fourth-order valence-corrected chi connectivity index (χ4v) is 5.41. The molecule has 0 spiro atoms. The second-order valence-corrected chi connectivity index (χ2v) is 11.3. The van der Waals surface area contributed by atoms with Crippen molar-refractivity contribution in [2.75, 3.05) is 18.4 Å². The number of rotatable bonds is 10. The predicted molar refractivity (Wildman–Crippen MR) is 158 cm³/mol. The molecule has 1 atom stereocenters. The topological polar surface area (TPSA) is 156 Å². The van der Waals surface area contributed by atoms with E-state index >= 15 is 0 Å². The molecule has 5 rings (SSSR count). The van der Waals surface area contributed by atoms with Crippen molar-refractivity contribution in [1.82, 2.24) is 40.3 Å². The SMILES string of the molecule is CCCNC(=O)NC[C@@H](C)Nc1nc2cc(-c3noc(=O)[nH]3)nc(-c3cncc(Cl)c3)c2n1CC1CCC(C)CC1. The summed E-state index contributed by atoms with van der Waals surface area (Å²) in [7, 11) is 0. The van der Waals surface area contributed by atoms with Crippen LogP contribution in [0.15, 0.2) is 33.8 Å². The third-order valence-corrected chi connectivity index (χ3v) is 7.65. The van der Waals surface area contributed by atoms with E-state index < -0.39 is 5.76 Å². The van der Waals surface area contributed by atoms with Crippen LogP contribution in [0.3, 0.4) is 0 Å². The van der Waals surface area contributed by atoms with E-state index in [1.54, 1.807) is 24.5 Å². The van der Waals surface area contributed by atoms with Crippen LogP contribution in [-0.2, 0) is 6.54 Å². The Morgan fingerprint density at radius 2 is 2.00 bits per heavy atom. The summed E-state index contributed by atoms with van der Waals surface area (Å²) in [5.74, 6) is 1.42. The largest absolute Gasteiger partial charge is 0.439 e. The normalized spacial score (nSPS) is 17.9. The van der Waals surface area contributed by atoms with E-state index in [-0.39, 0.29) is 17.9 Å². The number of amides is 2. The Morgan fingerprint density at radius 1 is 1.20 bits per heavy atom. The first-order chi connectivity index (χ1) is 19.8. The molecule has 0 bridgehead atoms. The van der Waals surface area contributed by atoms with Crippen molar-refractivity contribution in [3.05, 3.63) is 40.1 Å². The first-order valence-electron chi connectivity index (χ1n) is 14.2. The van der Waals surface area contributed by atoms with Gasteiger partial charge >= 0.3 is 11.8 Å². The van der Waals surface area contributed by atoms with Crippen LogP contribution in [0.1, 0.15) is 52.9 Å². The maximum absolute atomic E-state index is 12.1. The maximum atomic E-state index is 12.1. The number of halogens is 1. The highest BCUT2D eigenvalue weighted by Crippen LogP contribution is 2.36. The first-order valence-corrected chi connectivity index (χ1v) is 14.5. The Balaban J connectivity index is 1.58. The molecule has 0 radical (unpaired) electrons. The molecule has 0 unspecified atom stereocenters. The summed E-state index contributed by atoms with van der Waals surface area (Å²) >= 11 is 6.34. The lowest BCUT2D eigenvalue weighted by Crippen LogP contribution is -2.41. The molecule has 1 fully saturated rings. The molecular weight excluding hydrogens is 546 g/mol. The number of carbonyl (C=O) groups is 1. The fourth-order valence-electron chi connectivity index (χ4n) is 5.24. The average molecular weight is 582 g/mol. The predicted octanol–water partition coefficient (Wildman–Crippen LogP) is 4.83. The number of aromatic nitrogens is 6. The highest BCUT2D eigenvalue weighted by Gasteiger charge is 2.25. The molecule has 4 aromatic rings. The van der Waals surface area contributed by atoms with E-state index in [2.05, 4.69) is 42.6 Å². The van der Waals surface area contributed by atoms with Crippen molar-refractivity contribution in [3.8, 4) is 22.8 Å². The van der Waals surface area contributed by atoms with E-state index in [9.17, 15) is 9.59 Å². The van der Waals surface area contributed by atoms with Crippen LogP contribution in [0.5, 0.6) is 0 Å². The molecule has 4 aromatic heterocycles. The highest BCUT2D eigenvalue weighted by molar-refractivity contribution is 6.30. The summed E-state index contributed by atoms with van der Waals surface area (Å²) in [6, 6.07) is 3.28. The number of nitrogens with zero attached hydrogens (tertiary/aromatic N) is 5. The van der Waals surface area contributed by atoms with E-state index in [0.29, 0.717) is 52.4 Å². The van der Waals surface area contributed by atoms with Crippen molar-refractivity contribution in [2.24, 2.45) is 11.8 Å². The van der Waals surface area contributed by atoms with Crippen molar-refractivity contribution >= 4 is 34.6 Å². The fraction of sp³-hybridized carbons (Fsp3) is 0.500. The van der Waals surface area contributed by atoms with Gasteiger partial charge in [-0.3, -0.25) is 14.5 Å². The number of hydrogen-bond acceptors (Lipinski definition) is 8. The van der Waals surface area contributed by atoms with Crippen molar-refractivity contribution in [2.45, 2.75) is 65.5 Å². The third kappa shape index (κ3) is 6.87. The van der Waals surface area contributed by atoms with Gasteiger partial charge in [0.2, 0.25) is 11.8 Å². The Bertz CT molecular complexity index is 1550. The van der Waals surface area contributed by atoms with Gasteiger partial charge in [-0.05, 0) is 50.2 Å². The molecule has 1 aliphatic rings. The Morgan fingerprint density at radius 3 is 2.71 bits per heavy atom. The van der Waals surface area contributed by atoms with Crippen LogP contribution in [0.2, 0.25) is 5.02 Å². The number of imidazole rings is 1. The summed E-state index contributed by atoms with van der Waals surface area (Å²) in [6.07, 6.45) is 8.80. The molecule has 2 amide bonds. The molecule has 1 aliphatic carbocycles. The molecule has 4 heterocycles. The maximum Gasteiger partial charge on any atom is 0.439 e. The van der Waals surface area contributed by atoms with Gasteiger partial charge in [0, 0.05) is 43.6 Å². The van der Waals surface area contributed by atoms with E-state index in [4.69, 9.17) is 26.1 Å². The molecule has 4 N–H and O–H groups in total. The monoisotopic (exact) mass is 581 g/mol. The zero-order valence-electron chi connectivity index (χ0n) is 23.5. The molecular formula is C28H36ClN9O3. The lowest BCUT2D eigenvalue weighted by molar-refractivity contribution is 0.240. The second kappa shape index (κ2) is 12.7. The summed E-state index contributed by atoms with van der Waals surface area (Å²) in [5, 5.41) is 13.6. The number of pyridine rings is 2. The van der Waals surface area contributed by atoms with Gasteiger partial charge in [0.25, 0.3) is 0 Å². The lowest BCUT2D eigenvalue weighted by atomic mass is 9.83. The summed E-state index contributed by atoms with van der Waals surface area (Å²) in [4.78, 5) is 40.6. The van der Waals surface area contributed by atoms with Crippen molar-refractivity contribution < 1.29 is 9.32 Å². The van der Waals surface area contributed by atoms with Gasteiger partial charge in [-0.15, -0.1) is 0 Å². The zero-order chi connectivity index (χ0) is 28.9. The number of fused-ring (bicyclic) bond motifs is 1. The summed E-state index contributed by atoms with van der Waals surface area (Å²) in [5.41, 5.74) is 3.23. The van der Waals surface area contributed by atoms with Gasteiger partial charge in [-0.25, -0.2) is 19.6 Å². The number of carbonyl (C=O) groups excluding carboxylic acids is 1. The minimum Gasteiger partial charge on any atom is -0.351 e. The van der Waals surface area contributed by atoms with Gasteiger partial charge < -0.3 is 20.5 Å². The molecule has 0 aromatic carbocycles. The minimum absolute atomic E-state index is 0.111. The van der Waals surface area contributed by atoms with E-state index in [1.807, 2.05) is 13.8 Å². The van der Waals surface area contributed by atoms with Crippen LogP contribution in [-0.4, -0.2) is 54.8 Å². The number of urea groups is 1. The second-order valence-electron chi connectivity index (χ2n) is 10.9. The molecule has 218 valence electrons. The molecule has 41 heavy (non-hydrogen) atoms. The van der Waals surface area contributed by atoms with E-state index in [0.717, 1.165) is 37.2 Å². The number of anilines is 1. The highest BCUT2D eigenvalue weighted by atomic mass is 35.5. The van der Waals surface area contributed by atoms with Gasteiger partial charge in [-0.1, -0.05) is 43.4 Å². The van der Waals surface area contributed by atoms with Crippen LogP contribution in [0.25, 0.3) is 33.8 Å². The average Bonchev–Trinajstić information content (AvgIpc) is 3.54. The van der Waals surface area contributed by atoms with Gasteiger partial charge in [-0.2, -0.15) is 0 Å². The van der Waals surface area contributed by atoms with Crippen LogP contribution >= 0.6 is 11.6 Å². The lowest BCUT2D eigenvalue weighted by Gasteiger charge is -2.27. The quantitative estimate of drug-likeness (QED) is 0.207. The number of aromatic amines is 1. The molecule has 12 nitrogen and oxygen atoms in total. The van der Waals surface area contributed by atoms with E-state index in [1.165, 1.54) is 12.8 Å². The molecule has 0 aliphatic heterocycles. The minimum atomic E-state index is -0.670. The molecule has 1 saturated carbocycles. The molecule has 13 heteroatoms. The van der Waals surface area contributed by atoms with Gasteiger partial charge in [0.15, 0.2) is 0 Å². The van der Waals surface area contributed by atoms with Crippen LogP contribution < -0.4 is 21.7 Å². The zero-order valence-corrected chi connectivity index (χ0v) is 24.3.